The molecule has 3 heterocycles. The lowest BCUT2D eigenvalue weighted by molar-refractivity contribution is -0.654. The lowest BCUT2D eigenvalue weighted by Gasteiger charge is -2.26. The molecule has 0 aromatic carbocycles. The molecule has 18 heavy (non-hydrogen) atoms. The molecular formula is C14H15BN3+. The number of hydrogen-bond acceptors (Lipinski definition) is 2. The zero-order chi connectivity index (χ0) is 12.5. The SMILES string of the molecule is CN1C=Cc2ncccc2B1c1cccc[n+]1C. The van der Waals surface area contributed by atoms with Crippen LogP contribution in [0.3, 0.4) is 0 Å². The second-order valence-electron chi connectivity index (χ2n) is 4.60. The van der Waals surface area contributed by atoms with Gasteiger partial charge in [-0.25, -0.2) is 4.57 Å². The lowest BCUT2D eigenvalue weighted by Crippen LogP contribution is -2.65. The average molecular weight is 236 g/mol. The molecule has 0 unspecified atom stereocenters. The van der Waals surface area contributed by atoms with Crippen molar-refractivity contribution in [2.24, 2.45) is 7.05 Å². The van der Waals surface area contributed by atoms with Crippen molar-refractivity contribution < 1.29 is 4.57 Å². The van der Waals surface area contributed by atoms with Crippen LogP contribution in [0.2, 0.25) is 0 Å². The van der Waals surface area contributed by atoms with E-state index in [1.165, 1.54) is 11.1 Å². The van der Waals surface area contributed by atoms with Crippen molar-refractivity contribution >= 4 is 24.0 Å². The molecule has 3 nitrogen and oxygen atoms in total. The maximum atomic E-state index is 4.44. The fraction of sp³-hybridized carbons (Fsp3) is 0.143. The summed E-state index contributed by atoms with van der Waals surface area (Å²) in [6, 6.07) is 10.4. The summed E-state index contributed by atoms with van der Waals surface area (Å²) in [6.45, 7) is 0.227. The van der Waals surface area contributed by atoms with E-state index in [0.717, 1.165) is 5.69 Å². The smallest absolute Gasteiger partial charge is 0.405 e. The van der Waals surface area contributed by atoms with Gasteiger partial charge in [-0.1, -0.05) is 12.1 Å². The third-order valence-electron chi connectivity index (χ3n) is 3.42. The molecule has 0 radical (unpaired) electrons. The Labute approximate surface area is 108 Å². The van der Waals surface area contributed by atoms with Gasteiger partial charge < -0.3 is 4.81 Å². The van der Waals surface area contributed by atoms with Crippen molar-refractivity contribution in [1.29, 1.82) is 0 Å². The van der Waals surface area contributed by atoms with E-state index in [2.05, 4.69) is 65.1 Å². The van der Waals surface area contributed by atoms with Gasteiger partial charge in [0.25, 0.3) is 0 Å². The van der Waals surface area contributed by atoms with Crippen molar-refractivity contribution in [3.63, 3.8) is 0 Å². The van der Waals surface area contributed by atoms with Crippen molar-refractivity contribution in [1.82, 2.24) is 9.79 Å². The Bertz CT molecular complexity index is 609. The number of aryl methyl sites for hydroxylation is 1. The van der Waals surface area contributed by atoms with Crippen molar-refractivity contribution in [2.75, 3.05) is 7.05 Å². The molecule has 0 atom stereocenters. The van der Waals surface area contributed by atoms with E-state index in [-0.39, 0.29) is 6.85 Å². The van der Waals surface area contributed by atoms with Crippen LogP contribution in [0.4, 0.5) is 0 Å². The Hall–Kier alpha value is -2.10. The molecule has 0 fully saturated rings. The molecule has 0 bridgehead atoms. The van der Waals surface area contributed by atoms with Crippen molar-refractivity contribution in [3.05, 3.63) is 54.6 Å². The van der Waals surface area contributed by atoms with Gasteiger partial charge in [0, 0.05) is 12.3 Å². The summed E-state index contributed by atoms with van der Waals surface area (Å²) in [5, 5.41) is 0. The van der Waals surface area contributed by atoms with E-state index in [0.29, 0.717) is 0 Å². The largest absolute Gasteiger partial charge is 0.411 e. The predicted octanol–water partition coefficient (Wildman–Crippen LogP) is -0.0721. The van der Waals surface area contributed by atoms with Gasteiger partial charge in [0.15, 0.2) is 11.8 Å². The molecule has 1 aliphatic rings. The number of pyridine rings is 2. The number of nitrogens with zero attached hydrogens (tertiary/aromatic N) is 3. The van der Waals surface area contributed by atoms with Crippen LogP contribution >= 0.6 is 0 Å². The van der Waals surface area contributed by atoms with Gasteiger partial charge in [0.1, 0.15) is 7.05 Å². The highest BCUT2D eigenvalue weighted by atomic mass is 15.0. The zero-order valence-corrected chi connectivity index (χ0v) is 10.6. The summed E-state index contributed by atoms with van der Waals surface area (Å²) >= 11 is 0. The van der Waals surface area contributed by atoms with Crippen LogP contribution in [-0.2, 0) is 7.05 Å². The highest BCUT2D eigenvalue weighted by Gasteiger charge is 2.34. The molecule has 2 aromatic rings. The summed E-state index contributed by atoms with van der Waals surface area (Å²) in [5.74, 6) is 0. The summed E-state index contributed by atoms with van der Waals surface area (Å²) in [5.41, 5.74) is 3.58. The van der Waals surface area contributed by atoms with Crippen LogP contribution in [0.5, 0.6) is 0 Å². The van der Waals surface area contributed by atoms with E-state index >= 15 is 0 Å². The minimum absolute atomic E-state index is 0.227. The first-order valence-corrected chi connectivity index (χ1v) is 6.07. The molecule has 0 amide bonds. The quantitative estimate of drug-likeness (QED) is 0.510. The van der Waals surface area contributed by atoms with Crippen LogP contribution in [0.1, 0.15) is 5.69 Å². The number of fused-ring (bicyclic) bond motifs is 1. The molecule has 3 rings (SSSR count). The normalized spacial score (nSPS) is 13.7. The summed E-state index contributed by atoms with van der Waals surface area (Å²) in [7, 11) is 4.18. The fourth-order valence-electron chi connectivity index (χ4n) is 2.48. The van der Waals surface area contributed by atoms with E-state index in [1.807, 2.05) is 18.3 Å². The monoisotopic (exact) mass is 236 g/mol. The van der Waals surface area contributed by atoms with E-state index in [1.54, 1.807) is 0 Å². The zero-order valence-electron chi connectivity index (χ0n) is 10.6. The van der Waals surface area contributed by atoms with Gasteiger partial charge in [-0.2, -0.15) is 0 Å². The Morgan fingerprint density at radius 1 is 1.22 bits per heavy atom. The summed E-state index contributed by atoms with van der Waals surface area (Å²) in [6.07, 6.45) is 8.08. The van der Waals surface area contributed by atoms with Crippen LogP contribution < -0.4 is 15.6 Å². The molecule has 0 saturated heterocycles. The van der Waals surface area contributed by atoms with E-state index < -0.39 is 0 Å². The maximum absolute atomic E-state index is 4.44. The predicted molar refractivity (Wildman–Crippen MR) is 73.7 cm³/mol. The molecule has 0 saturated carbocycles. The van der Waals surface area contributed by atoms with Gasteiger partial charge >= 0.3 is 6.85 Å². The second kappa shape index (κ2) is 4.29. The fourth-order valence-corrected chi connectivity index (χ4v) is 2.48. The second-order valence-corrected chi connectivity index (χ2v) is 4.60. The molecule has 1 aliphatic heterocycles. The standard InChI is InChI=1S/C14H15BN3/c1-17-10-4-3-7-14(17)15-12-6-5-9-16-13(12)8-11-18(15)2/h3-11H,1-2H3/q+1. The van der Waals surface area contributed by atoms with Gasteiger partial charge in [0.05, 0.1) is 5.69 Å². The maximum Gasteiger partial charge on any atom is 0.405 e. The molecule has 0 aliphatic carbocycles. The highest BCUT2D eigenvalue weighted by Crippen LogP contribution is 2.07. The van der Waals surface area contributed by atoms with Crippen molar-refractivity contribution in [3.8, 4) is 0 Å². The lowest BCUT2D eigenvalue weighted by atomic mass is 9.50. The first-order chi connectivity index (χ1) is 8.77. The van der Waals surface area contributed by atoms with Gasteiger partial charge in [-0.15, -0.1) is 0 Å². The molecule has 0 spiro atoms. The molecule has 4 heteroatoms. The average Bonchev–Trinajstić information content (AvgIpc) is 2.40. The minimum Gasteiger partial charge on any atom is -0.411 e. The van der Waals surface area contributed by atoms with Crippen molar-refractivity contribution in [2.45, 2.75) is 0 Å². The molecule has 2 aromatic heterocycles. The summed E-state index contributed by atoms with van der Waals surface area (Å²) in [4.78, 5) is 6.66. The van der Waals surface area contributed by atoms with Gasteiger partial charge in [-0.05, 0) is 36.9 Å². The highest BCUT2D eigenvalue weighted by molar-refractivity contribution is 6.82. The molecule has 0 N–H and O–H groups in total. The third-order valence-corrected chi connectivity index (χ3v) is 3.42. The Morgan fingerprint density at radius 2 is 2.11 bits per heavy atom. The molecular weight excluding hydrogens is 221 g/mol. The Balaban J connectivity index is 2.17. The van der Waals surface area contributed by atoms with Crippen LogP contribution in [0, 0.1) is 0 Å². The molecule has 88 valence electrons. The Morgan fingerprint density at radius 3 is 2.94 bits per heavy atom. The first-order valence-electron chi connectivity index (χ1n) is 6.07. The number of rotatable bonds is 1. The van der Waals surface area contributed by atoms with Gasteiger partial charge in [0.2, 0.25) is 0 Å². The Kier molecular flexibility index (Phi) is 2.63. The van der Waals surface area contributed by atoms with E-state index in [4.69, 9.17) is 0 Å². The van der Waals surface area contributed by atoms with Gasteiger partial charge in [-0.3, -0.25) is 4.98 Å². The minimum atomic E-state index is 0.227. The first kappa shape index (κ1) is 11.0. The van der Waals surface area contributed by atoms with E-state index in [9.17, 15) is 0 Å². The van der Waals surface area contributed by atoms with Crippen LogP contribution in [0.15, 0.2) is 48.9 Å². The topological polar surface area (TPSA) is 20.0 Å². The number of aromatic nitrogens is 2. The third kappa shape index (κ3) is 1.70. The van der Waals surface area contributed by atoms with Crippen LogP contribution in [0.25, 0.3) is 6.08 Å². The van der Waals surface area contributed by atoms with Crippen LogP contribution in [-0.4, -0.2) is 23.7 Å². The number of hydrogen-bond donors (Lipinski definition) is 0. The summed E-state index contributed by atoms with van der Waals surface area (Å²) < 4.78 is 2.16.